The quantitative estimate of drug-likeness (QED) is 0.476. The number of fused-ring (bicyclic) bond motifs is 1. The van der Waals surface area contributed by atoms with Gasteiger partial charge >= 0.3 is 5.97 Å². The number of aryl methyl sites for hydroxylation is 1. The van der Waals surface area contributed by atoms with E-state index >= 15 is 0 Å². The fourth-order valence-corrected chi connectivity index (χ4v) is 2.21. The molecule has 0 aliphatic carbocycles. The fourth-order valence-electron chi connectivity index (χ4n) is 2.21. The van der Waals surface area contributed by atoms with Gasteiger partial charge < -0.3 is 9.47 Å². The van der Waals surface area contributed by atoms with E-state index in [1.807, 2.05) is 19.9 Å². The minimum Gasteiger partial charge on any atom is -0.466 e. The number of carbonyl (C=O) groups excluding carboxylic acids is 2. The molecule has 4 heteroatoms. The lowest BCUT2D eigenvalue weighted by Gasteiger charge is -2.23. The molecular formula is C15H16O4. The number of esters is 1. The Morgan fingerprint density at radius 2 is 2.21 bits per heavy atom. The Labute approximate surface area is 112 Å². The molecule has 1 aromatic carbocycles. The first-order valence-electron chi connectivity index (χ1n) is 6.10. The third-order valence-corrected chi connectivity index (χ3v) is 3.26. The Balaban J connectivity index is 2.52. The minimum absolute atomic E-state index is 0.170. The third kappa shape index (κ3) is 1.93. The number of Topliss-reactive ketones (excluding diaryl/α,β-unsaturated/α-hetero) is 1. The van der Waals surface area contributed by atoms with E-state index < -0.39 is 11.6 Å². The molecule has 1 aliphatic heterocycles. The molecule has 100 valence electrons. The van der Waals surface area contributed by atoms with Crippen LogP contribution in [-0.2, 0) is 9.53 Å². The number of methoxy groups -OCH3 is 1. The SMILES string of the molecule is C/C=C\CC1(C(=O)OC)Oc2c(C)cccc2C1=O. The predicted molar refractivity (Wildman–Crippen MR) is 70.3 cm³/mol. The van der Waals surface area contributed by atoms with Gasteiger partial charge in [0.25, 0.3) is 5.60 Å². The number of carbonyl (C=O) groups is 2. The highest BCUT2D eigenvalue weighted by atomic mass is 16.6. The van der Waals surface area contributed by atoms with Crippen molar-refractivity contribution in [3.05, 3.63) is 41.5 Å². The van der Waals surface area contributed by atoms with Crippen molar-refractivity contribution in [1.82, 2.24) is 0 Å². The molecule has 1 heterocycles. The van der Waals surface area contributed by atoms with Gasteiger partial charge in [-0.25, -0.2) is 4.79 Å². The zero-order valence-corrected chi connectivity index (χ0v) is 11.2. The van der Waals surface area contributed by atoms with Crippen LogP contribution in [0.5, 0.6) is 5.75 Å². The molecule has 1 unspecified atom stereocenters. The van der Waals surface area contributed by atoms with E-state index in [1.54, 1.807) is 24.3 Å². The van der Waals surface area contributed by atoms with Crippen LogP contribution in [0.15, 0.2) is 30.4 Å². The molecule has 1 aliphatic rings. The van der Waals surface area contributed by atoms with E-state index in [-0.39, 0.29) is 12.2 Å². The Morgan fingerprint density at radius 1 is 1.47 bits per heavy atom. The smallest absolute Gasteiger partial charge is 0.358 e. The highest BCUT2D eigenvalue weighted by Gasteiger charge is 2.54. The van der Waals surface area contributed by atoms with E-state index in [2.05, 4.69) is 0 Å². The van der Waals surface area contributed by atoms with Crippen molar-refractivity contribution in [2.75, 3.05) is 7.11 Å². The lowest BCUT2D eigenvalue weighted by molar-refractivity contribution is -0.153. The summed E-state index contributed by atoms with van der Waals surface area (Å²) >= 11 is 0. The molecule has 4 nitrogen and oxygen atoms in total. The average Bonchev–Trinajstić information content (AvgIpc) is 2.72. The molecule has 0 saturated heterocycles. The predicted octanol–water partition coefficient (Wildman–Crippen LogP) is 2.45. The van der Waals surface area contributed by atoms with Gasteiger partial charge in [0.1, 0.15) is 5.75 Å². The molecule has 0 saturated carbocycles. The Hall–Kier alpha value is -2.10. The second kappa shape index (κ2) is 4.88. The van der Waals surface area contributed by atoms with Crippen LogP contribution in [0.2, 0.25) is 0 Å². The molecular weight excluding hydrogens is 244 g/mol. The second-order valence-electron chi connectivity index (χ2n) is 4.47. The van der Waals surface area contributed by atoms with Crippen molar-refractivity contribution in [2.45, 2.75) is 25.9 Å². The van der Waals surface area contributed by atoms with E-state index in [0.29, 0.717) is 11.3 Å². The van der Waals surface area contributed by atoms with Crippen molar-refractivity contribution < 1.29 is 19.1 Å². The first-order chi connectivity index (χ1) is 9.06. The molecule has 19 heavy (non-hydrogen) atoms. The van der Waals surface area contributed by atoms with Gasteiger partial charge in [-0.05, 0) is 25.5 Å². The lowest BCUT2D eigenvalue weighted by atomic mass is 9.91. The molecule has 0 fully saturated rings. The highest BCUT2D eigenvalue weighted by Crippen LogP contribution is 2.40. The molecule has 1 aromatic rings. The molecule has 0 bridgehead atoms. The van der Waals surface area contributed by atoms with Gasteiger partial charge in [-0.1, -0.05) is 24.3 Å². The first kappa shape index (κ1) is 13.3. The minimum atomic E-state index is -1.57. The maximum atomic E-state index is 12.5. The summed E-state index contributed by atoms with van der Waals surface area (Å²) in [6.07, 6.45) is 3.68. The van der Waals surface area contributed by atoms with Crippen LogP contribution >= 0.6 is 0 Å². The number of rotatable bonds is 3. The van der Waals surface area contributed by atoms with Gasteiger partial charge in [0, 0.05) is 6.42 Å². The van der Waals surface area contributed by atoms with Crippen molar-refractivity contribution in [1.29, 1.82) is 0 Å². The molecule has 0 N–H and O–H groups in total. The summed E-state index contributed by atoms with van der Waals surface area (Å²) in [5.74, 6) is -0.523. The van der Waals surface area contributed by atoms with Crippen LogP contribution in [0, 0.1) is 6.92 Å². The van der Waals surface area contributed by atoms with Crippen LogP contribution in [0.4, 0.5) is 0 Å². The van der Waals surface area contributed by atoms with Gasteiger partial charge in [0.15, 0.2) is 0 Å². The van der Waals surface area contributed by atoms with Crippen molar-refractivity contribution in [2.24, 2.45) is 0 Å². The van der Waals surface area contributed by atoms with E-state index in [1.165, 1.54) is 7.11 Å². The zero-order chi connectivity index (χ0) is 14.0. The monoisotopic (exact) mass is 260 g/mol. The van der Waals surface area contributed by atoms with Crippen LogP contribution < -0.4 is 4.74 Å². The summed E-state index contributed by atoms with van der Waals surface area (Å²) in [7, 11) is 1.26. The molecule has 2 rings (SSSR count). The Morgan fingerprint density at radius 3 is 2.79 bits per heavy atom. The Kier molecular flexibility index (Phi) is 3.42. The molecule has 1 atom stereocenters. The maximum Gasteiger partial charge on any atom is 0.358 e. The van der Waals surface area contributed by atoms with Gasteiger partial charge in [0.05, 0.1) is 12.7 Å². The number of ether oxygens (including phenoxy) is 2. The number of allylic oxidation sites excluding steroid dienone is 1. The summed E-state index contributed by atoms with van der Waals surface area (Å²) in [4.78, 5) is 24.5. The van der Waals surface area contributed by atoms with E-state index in [0.717, 1.165) is 5.56 Å². The standard InChI is InChI=1S/C15H16O4/c1-4-5-9-15(14(17)18-3)13(16)11-8-6-7-10(2)12(11)19-15/h4-8H,9H2,1-3H3/b5-4-. The number of benzene rings is 1. The summed E-state index contributed by atoms with van der Waals surface area (Å²) < 4.78 is 10.5. The van der Waals surface area contributed by atoms with Crippen LogP contribution in [-0.4, -0.2) is 24.5 Å². The fraction of sp³-hybridized carbons (Fsp3) is 0.333. The first-order valence-corrected chi connectivity index (χ1v) is 6.10. The molecule has 0 amide bonds. The highest BCUT2D eigenvalue weighted by molar-refractivity contribution is 6.19. The van der Waals surface area contributed by atoms with Gasteiger partial charge in [0.2, 0.25) is 5.78 Å². The lowest BCUT2D eigenvalue weighted by Crippen LogP contribution is -2.48. The maximum absolute atomic E-state index is 12.5. The largest absolute Gasteiger partial charge is 0.466 e. The molecule has 0 radical (unpaired) electrons. The van der Waals surface area contributed by atoms with Crippen molar-refractivity contribution in [3.63, 3.8) is 0 Å². The van der Waals surface area contributed by atoms with Crippen molar-refractivity contribution in [3.8, 4) is 5.75 Å². The van der Waals surface area contributed by atoms with Crippen LogP contribution in [0.1, 0.15) is 29.3 Å². The van der Waals surface area contributed by atoms with Crippen LogP contribution in [0.3, 0.4) is 0 Å². The number of hydrogen-bond acceptors (Lipinski definition) is 4. The molecule has 0 spiro atoms. The van der Waals surface area contributed by atoms with Crippen LogP contribution in [0.25, 0.3) is 0 Å². The van der Waals surface area contributed by atoms with Gasteiger partial charge in [-0.3, -0.25) is 4.79 Å². The summed E-state index contributed by atoms with van der Waals surface area (Å²) in [6, 6.07) is 5.29. The van der Waals surface area contributed by atoms with E-state index in [9.17, 15) is 9.59 Å². The second-order valence-corrected chi connectivity index (χ2v) is 4.47. The summed E-state index contributed by atoms with van der Waals surface area (Å²) in [5, 5.41) is 0. The zero-order valence-electron chi connectivity index (χ0n) is 11.2. The van der Waals surface area contributed by atoms with Crippen molar-refractivity contribution >= 4 is 11.8 Å². The Bertz CT molecular complexity index is 559. The van der Waals surface area contributed by atoms with Gasteiger partial charge in [-0.15, -0.1) is 0 Å². The number of ketones is 1. The summed E-state index contributed by atoms with van der Waals surface area (Å²) in [5.41, 5.74) is -0.303. The third-order valence-electron chi connectivity index (χ3n) is 3.26. The molecule has 0 aromatic heterocycles. The van der Waals surface area contributed by atoms with E-state index in [4.69, 9.17) is 9.47 Å². The summed E-state index contributed by atoms with van der Waals surface area (Å²) in [6.45, 7) is 3.66. The number of hydrogen-bond donors (Lipinski definition) is 0. The number of para-hydroxylation sites is 1. The average molecular weight is 260 g/mol. The normalized spacial score (nSPS) is 21.3. The topological polar surface area (TPSA) is 52.6 Å². The van der Waals surface area contributed by atoms with Gasteiger partial charge in [-0.2, -0.15) is 0 Å².